The molecule has 0 saturated carbocycles. The Morgan fingerprint density at radius 2 is 2.25 bits per heavy atom. The Hall–Kier alpha value is -1.05. The number of hydrogen-bond donors (Lipinski definition) is 0. The van der Waals surface area contributed by atoms with E-state index in [1.807, 2.05) is 0 Å². The third-order valence-corrected chi connectivity index (χ3v) is 0.602. The Morgan fingerprint density at radius 1 is 1.62 bits per heavy atom. The summed E-state index contributed by atoms with van der Waals surface area (Å²) in [7, 11) is 1.53. The minimum atomic E-state index is 0.486. The third kappa shape index (κ3) is 2.18. The van der Waals surface area contributed by atoms with Crippen molar-refractivity contribution in [1.82, 2.24) is 0 Å². The van der Waals surface area contributed by atoms with Crippen molar-refractivity contribution in [1.29, 1.82) is 0 Å². The minimum absolute atomic E-state index is 0.486. The smallest absolute Gasteiger partial charge is 0.212 e. The van der Waals surface area contributed by atoms with Gasteiger partial charge in [0, 0.05) is 6.20 Å². The highest BCUT2D eigenvalue weighted by Crippen LogP contribution is 1.80. The summed E-state index contributed by atoms with van der Waals surface area (Å²) in [6.07, 6.45) is 2.92. The van der Waals surface area contributed by atoms with Crippen molar-refractivity contribution in [3.8, 4) is 0 Å². The predicted molar refractivity (Wildman–Crippen MR) is 34.8 cm³/mol. The van der Waals surface area contributed by atoms with E-state index in [0.29, 0.717) is 5.90 Å². The molecule has 0 unspecified atom stereocenters. The maximum Gasteiger partial charge on any atom is 0.212 e. The lowest BCUT2D eigenvalue weighted by atomic mass is 10.6. The highest BCUT2D eigenvalue weighted by Gasteiger charge is 1.81. The van der Waals surface area contributed by atoms with Crippen molar-refractivity contribution in [3.05, 3.63) is 25.4 Å². The fourth-order valence-corrected chi connectivity index (χ4v) is 0.279. The summed E-state index contributed by atoms with van der Waals surface area (Å²) >= 11 is 0. The van der Waals surface area contributed by atoms with E-state index in [1.54, 1.807) is 0 Å². The molecule has 44 valence electrons. The minimum Gasteiger partial charge on any atom is -0.481 e. The first-order valence-electron chi connectivity index (χ1n) is 2.20. The molecule has 0 N–H and O–H groups in total. The van der Waals surface area contributed by atoms with Crippen LogP contribution in [0.15, 0.2) is 30.4 Å². The largest absolute Gasteiger partial charge is 0.481 e. The van der Waals surface area contributed by atoms with Crippen LogP contribution in [0.3, 0.4) is 0 Å². The fourth-order valence-electron chi connectivity index (χ4n) is 0.279. The van der Waals surface area contributed by atoms with Gasteiger partial charge in [-0.3, -0.25) is 0 Å². The Balaban J connectivity index is 3.84. The summed E-state index contributed by atoms with van der Waals surface area (Å²) in [5, 5.41) is 0. The molecule has 0 saturated heterocycles. The summed E-state index contributed by atoms with van der Waals surface area (Å²) in [6.45, 7) is 6.83. The monoisotopic (exact) mass is 111 g/mol. The van der Waals surface area contributed by atoms with Gasteiger partial charge in [0.05, 0.1) is 7.11 Å². The Kier molecular flexibility index (Phi) is 3.58. The quantitative estimate of drug-likeness (QED) is 0.389. The molecule has 0 amide bonds. The summed E-state index contributed by atoms with van der Waals surface area (Å²) in [4.78, 5) is 3.70. The summed E-state index contributed by atoms with van der Waals surface area (Å²) in [6, 6.07) is 0. The number of ether oxygens (including phenoxy) is 1. The molecule has 0 fully saturated rings. The van der Waals surface area contributed by atoms with Crippen LogP contribution in [0.2, 0.25) is 0 Å². The number of aliphatic imine (C=N–C) groups is 1. The van der Waals surface area contributed by atoms with Crippen LogP contribution in [0.5, 0.6) is 0 Å². The molecule has 0 aromatic heterocycles. The van der Waals surface area contributed by atoms with Gasteiger partial charge >= 0.3 is 0 Å². The van der Waals surface area contributed by atoms with Crippen molar-refractivity contribution in [2.75, 3.05) is 7.11 Å². The second-order valence-electron chi connectivity index (χ2n) is 1.06. The number of hydrogen-bond acceptors (Lipinski definition) is 2. The van der Waals surface area contributed by atoms with Crippen molar-refractivity contribution in [3.63, 3.8) is 0 Å². The van der Waals surface area contributed by atoms with E-state index in [4.69, 9.17) is 4.74 Å². The average molecular weight is 111 g/mol. The van der Waals surface area contributed by atoms with Crippen LogP contribution >= 0.6 is 0 Å². The second-order valence-corrected chi connectivity index (χ2v) is 1.06. The zero-order valence-electron chi connectivity index (χ0n) is 4.92. The van der Waals surface area contributed by atoms with Crippen LogP contribution in [0.1, 0.15) is 0 Å². The van der Waals surface area contributed by atoms with E-state index in [1.165, 1.54) is 19.4 Å². The molecule has 0 radical (unpaired) electrons. The number of nitrogens with zero attached hydrogens (tertiary/aromatic N) is 1. The molecule has 0 rings (SSSR count). The summed E-state index contributed by atoms with van der Waals surface area (Å²) in [5.41, 5.74) is 0. The van der Waals surface area contributed by atoms with Crippen molar-refractivity contribution >= 4 is 5.90 Å². The molecule has 0 atom stereocenters. The van der Waals surface area contributed by atoms with Crippen molar-refractivity contribution in [2.45, 2.75) is 0 Å². The normalized spacial score (nSPS) is 10.4. The van der Waals surface area contributed by atoms with Crippen molar-refractivity contribution < 1.29 is 4.74 Å². The van der Waals surface area contributed by atoms with Crippen LogP contribution in [0.25, 0.3) is 0 Å². The summed E-state index contributed by atoms with van der Waals surface area (Å²) in [5.74, 6) is 0.486. The van der Waals surface area contributed by atoms with Crippen LogP contribution in [-0.2, 0) is 4.74 Å². The zero-order valence-corrected chi connectivity index (χ0v) is 4.92. The van der Waals surface area contributed by atoms with Gasteiger partial charge in [0.2, 0.25) is 5.90 Å². The maximum atomic E-state index is 4.70. The first kappa shape index (κ1) is 6.95. The standard InChI is InChI=1S/C6H9NO/c1-4-6(8-3)7-5-2/h4-5H,1-2H2,3H3/b7-6+. The van der Waals surface area contributed by atoms with Gasteiger partial charge in [0.25, 0.3) is 0 Å². The van der Waals surface area contributed by atoms with E-state index in [0.717, 1.165) is 0 Å². The molecule has 0 heterocycles. The fraction of sp³-hybridized carbons (Fsp3) is 0.167. The molecular formula is C6H9NO. The molecule has 0 aliphatic rings. The topological polar surface area (TPSA) is 21.6 Å². The molecule has 0 spiro atoms. The Bertz CT molecular complexity index is 116. The highest BCUT2D eigenvalue weighted by molar-refractivity contribution is 5.87. The van der Waals surface area contributed by atoms with E-state index in [-0.39, 0.29) is 0 Å². The molecule has 0 aliphatic carbocycles. The molecule has 0 bridgehead atoms. The van der Waals surface area contributed by atoms with Crippen LogP contribution in [0.4, 0.5) is 0 Å². The van der Waals surface area contributed by atoms with E-state index < -0.39 is 0 Å². The lowest BCUT2D eigenvalue weighted by Crippen LogP contribution is -1.92. The van der Waals surface area contributed by atoms with Gasteiger partial charge in [-0.2, -0.15) is 0 Å². The molecule has 0 aromatic carbocycles. The molecule has 2 heteroatoms. The number of methoxy groups -OCH3 is 1. The van der Waals surface area contributed by atoms with Gasteiger partial charge in [-0.05, 0) is 6.08 Å². The van der Waals surface area contributed by atoms with Gasteiger partial charge in [-0.25, -0.2) is 4.99 Å². The van der Waals surface area contributed by atoms with Gasteiger partial charge in [-0.15, -0.1) is 0 Å². The predicted octanol–water partition coefficient (Wildman–Crippen LogP) is 1.36. The van der Waals surface area contributed by atoms with Crippen LogP contribution in [0, 0.1) is 0 Å². The molecule has 8 heavy (non-hydrogen) atoms. The zero-order chi connectivity index (χ0) is 6.41. The molecule has 2 nitrogen and oxygen atoms in total. The SMILES string of the molecule is C=C/N=C(\C=C)OC. The Labute approximate surface area is 49.2 Å². The molecule has 0 aliphatic heterocycles. The third-order valence-electron chi connectivity index (χ3n) is 0.602. The molecular weight excluding hydrogens is 102 g/mol. The van der Waals surface area contributed by atoms with Crippen LogP contribution < -0.4 is 0 Å². The second kappa shape index (κ2) is 4.12. The van der Waals surface area contributed by atoms with E-state index in [2.05, 4.69) is 18.2 Å². The van der Waals surface area contributed by atoms with Crippen LogP contribution in [-0.4, -0.2) is 13.0 Å². The average Bonchev–Trinajstić information content (AvgIpc) is 1.83. The van der Waals surface area contributed by atoms with Gasteiger partial charge in [0.15, 0.2) is 0 Å². The first-order chi connectivity index (χ1) is 3.85. The lowest BCUT2D eigenvalue weighted by molar-refractivity contribution is 0.407. The van der Waals surface area contributed by atoms with Gasteiger partial charge < -0.3 is 4.74 Å². The lowest BCUT2D eigenvalue weighted by Gasteiger charge is -1.92. The van der Waals surface area contributed by atoms with E-state index in [9.17, 15) is 0 Å². The number of rotatable bonds is 2. The highest BCUT2D eigenvalue weighted by atomic mass is 16.5. The van der Waals surface area contributed by atoms with Crippen molar-refractivity contribution in [2.24, 2.45) is 4.99 Å². The first-order valence-corrected chi connectivity index (χ1v) is 2.20. The Morgan fingerprint density at radius 3 is 2.38 bits per heavy atom. The van der Waals surface area contributed by atoms with Gasteiger partial charge in [-0.1, -0.05) is 13.2 Å². The summed E-state index contributed by atoms with van der Waals surface area (Å²) < 4.78 is 4.70. The maximum absolute atomic E-state index is 4.70. The van der Waals surface area contributed by atoms with Gasteiger partial charge in [0.1, 0.15) is 0 Å². The van der Waals surface area contributed by atoms with E-state index >= 15 is 0 Å². The molecule has 0 aromatic rings.